The Morgan fingerprint density at radius 1 is 1.21 bits per heavy atom. The molecule has 1 saturated heterocycles. The molecule has 34 heavy (non-hydrogen) atoms. The fourth-order valence-electron chi connectivity index (χ4n) is 4.39. The predicted molar refractivity (Wildman–Crippen MR) is 123 cm³/mol. The fraction of sp³-hybridized carbons (Fsp3) is 0.500. The fourth-order valence-corrected chi connectivity index (χ4v) is 5.05. The smallest absolute Gasteiger partial charge is 0.487 e. The third-order valence-electron chi connectivity index (χ3n) is 6.22. The van der Waals surface area contributed by atoms with Crippen molar-refractivity contribution in [3.05, 3.63) is 52.2 Å². The lowest BCUT2D eigenvalue weighted by molar-refractivity contribution is -0.192. The van der Waals surface area contributed by atoms with E-state index < -0.39 is 12.1 Å². The van der Waals surface area contributed by atoms with E-state index in [0.29, 0.717) is 6.42 Å². The minimum absolute atomic E-state index is 0.128. The number of alkyl halides is 3. The van der Waals surface area contributed by atoms with E-state index in [2.05, 4.69) is 39.9 Å². The van der Waals surface area contributed by atoms with Crippen LogP contribution in [0.2, 0.25) is 0 Å². The van der Waals surface area contributed by atoms with Crippen LogP contribution in [0.25, 0.3) is 0 Å². The lowest BCUT2D eigenvalue weighted by Gasteiger charge is -2.47. The second-order valence-corrected chi connectivity index (χ2v) is 9.71. The number of amides is 1. The molecule has 1 unspecified atom stereocenters. The number of ether oxygens (including phenoxy) is 1. The number of benzene rings is 1. The number of hydrogen-bond donors (Lipinski definition) is 1. The summed E-state index contributed by atoms with van der Waals surface area (Å²) in [5.74, 6) is -1.34. The Morgan fingerprint density at radius 3 is 2.41 bits per heavy atom. The number of halogens is 3. The second kappa shape index (κ2) is 10.8. The highest BCUT2D eigenvalue weighted by Gasteiger charge is 2.43. The summed E-state index contributed by atoms with van der Waals surface area (Å²) in [7, 11) is 3.68. The number of aliphatic carboxylic acids is 1. The Labute approximate surface area is 200 Å². The molecule has 3 heterocycles. The normalized spacial score (nSPS) is 19.4. The average Bonchev–Trinajstić information content (AvgIpc) is 3.28. The van der Waals surface area contributed by atoms with Gasteiger partial charge in [0.2, 0.25) is 5.91 Å². The van der Waals surface area contributed by atoms with Gasteiger partial charge in [0.1, 0.15) is 11.4 Å². The highest BCUT2D eigenvalue weighted by atomic mass is 32.1. The van der Waals surface area contributed by atoms with Gasteiger partial charge in [0.25, 0.3) is 0 Å². The first kappa shape index (κ1) is 26.0. The third-order valence-corrected chi connectivity index (χ3v) is 6.95. The maximum atomic E-state index is 12.4. The number of likely N-dealkylation sites (tertiary alicyclic amines) is 1. The van der Waals surface area contributed by atoms with Crippen molar-refractivity contribution < 1.29 is 32.6 Å². The molecule has 2 aliphatic rings. The highest BCUT2D eigenvalue weighted by Crippen LogP contribution is 2.46. The molecule has 1 aromatic carbocycles. The van der Waals surface area contributed by atoms with Crippen molar-refractivity contribution in [2.24, 2.45) is 0 Å². The topological polar surface area (TPSA) is 70.1 Å². The number of fused-ring (bicyclic) bond motifs is 1. The first-order valence-corrected chi connectivity index (χ1v) is 11.9. The van der Waals surface area contributed by atoms with Gasteiger partial charge in [0.05, 0.1) is 0 Å². The molecule has 4 rings (SSSR count). The molecule has 0 radical (unpaired) electrons. The van der Waals surface area contributed by atoms with Gasteiger partial charge < -0.3 is 14.7 Å². The van der Waals surface area contributed by atoms with E-state index in [-0.39, 0.29) is 17.4 Å². The van der Waals surface area contributed by atoms with Gasteiger partial charge in [-0.15, -0.1) is 0 Å². The maximum absolute atomic E-state index is 12.4. The van der Waals surface area contributed by atoms with Crippen LogP contribution in [0.4, 0.5) is 13.2 Å². The molecule has 0 saturated carbocycles. The van der Waals surface area contributed by atoms with Gasteiger partial charge in [-0.2, -0.15) is 24.5 Å². The summed E-state index contributed by atoms with van der Waals surface area (Å²) in [6.07, 6.45) is -1.53. The summed E-state index contributed by atoms with van der Waals surface area (Å²) < 4.78 is 38.3. The lowest BCUT2D eigenvalue weighted by atomic mass is 9.76. The summed E-state index contributed by atoms with van der Waals surface area (Å²) >= 11 is 1.76. The van der Waals surface area contributed by atoms with Crippen LogP contribution < -0.4 is 4.74 Å². The van der Waals surface area contributed by atoms with Crippen molar-refractivity contribution >= 4 is 23.2 Å². The second-order valence-electron chi connectivity index (χ2n) is 8.93. The van der Waals surface area contributed by atoms with Crippen LogP contribution in [0.15, 0.2) is 41.1 Å². The summed E-state index contributed by atoms with van der Waals surface area (Å²) in [5.41, 5.74) is 2.47. The van der Waals surface area contributed by atoms with Crippen LogP contribution in [-0.2, 0) is 16.1 Å². The summed E-state index contributed by atoms with van der Waals surface area (Å²) in [5, 5.41) is 11.5. The number of piperidine rings is 1. The van der Waals surface area contributed by atoms with E-state index in [1.165, 1.54) is 11.1 Å². The molecule has 2 aromatic rings. The predicted octanol–water partition coefficient (Wildman–Crippen LogP) is 4.76. The summed E-state index contributed by atoms with van der Waals surface area (Å²) in [6.45, 7) is 3.12. The maximum Gasteiger partial charge on any atom is 0.490 e. The average molecular weight is 499 g/mol. The molecule has 0 bridgehead atoms. The van der Waals surface area contributed by atoms with Crippen molar-refractivity contribution in [3.63, 3.8) is 0 Å². The molecule has 6 nitrogen and oxygen atoms in total. The van der Waals surface area contributed by atoms with Crippen molar-refractivity contribution in [1.82, 2.24) is 9.80 Å². The van der Waals surface area contributed by atoms with Crippen molar-refractivity contribution in [3.8, 4) is 5.75 Å². The molecular weight excluding hydrogens is 469 g/mol. The first-order valence-electron chi connectivity index (χ1n) is 11.0. The van der Waals surface area contributed by atoms with Gasteiger partial charge >= 0.3 is 12.1 Å². The molecule has 1 atom stereocenters. The summed E-state index contributed by atoms with van der Waals surface area (Å²) in [4.78, 5) is 25.5. The van der Waals surface area contributed by atoms with Gasteiger partial charge in [-0.1, -0.05) is 18.2 Å². The van der Waals surface area contributed by atoms with Crippen molar-refractivity contribution in [1.29, 1.82) is 0 Å². The van der Waals surface area contributed by atoms with Gasteiger partial charge in [0, 0.05) is 46.1 Å². The minimum atomic E-state index is -5.08. The molecular formula is C24H29F3N2O4S. The molecule has 2 aliphatic heterocycles. The van der Waals surface area contributed by atoms with Crippen molar-refractivity contribution in [2.75, 3.05) is 27.2 Å². The van der Waals surface area contributed by atoms with Crippen LogP contribution >= 0.6 is 11.3 Å². The number of rotatable bonds is 4. The molecule has 1 spiro atoms. The molecule has 1 amide bonds. The van der Waals surface area contributed by atoms with E-state index in [4.69, 9.17) is 14.6 Å². The van der Waals surface area contributed by atoms with Gasteiger partial charge in [-0.25, -0.2) is 4.79 Å². The Balaban J connectivity index is 0.000000406. The van der Waals surface area contributed by atoms with E-state index in [0.717, 1.165) is 44.6 Å². The number of hydrogen-bond acceptors (Lipinski definition) is 5. The van der Waals surface area contributed by atoms with Gasteiger partial charge in [-0.3, -0.25) is 9.69 Å². The molecule has 1 N–H and O–H groups in total. The number of carboxylic acid groups (broad SMARTS) is 1. The Kier molecular flexibility index (Phi) is 8.25. The third kappa shape index (κ3) is 6.73. The summed E-state index contributed by atoms with van der Waals surface area (Å²) in [6, 6.07) is 10.5. The molecule has 0 aliphatic carbocycles. The molecule has 1 fully saturated rings. The van der Waals surface area contributed by atoms with E-state index in [1.54, 1.807) is 16.2 Å². The highest BCUT2D eigenvalue weighted by molar-refractivity contribution is 7.07. The number of nitrogens with zero attached hydrogens (tertiary/aromatic N) is 2. The van der Waals surface area contributed by atoms with Gasteiger partial charge in [-0.05, 0) is 53.3 Å². The molecule has 10 heteroatoms. The van der Waals surface area contributed by atoms with Crippen molar-refractivity contribution in [2.45, 2.75) is 49.9 Å². The molecule has 1 aromatic heterocycles. The quantitative estimate of drug-likeness (QED) is 0.658. The van der Waals surface area contributed by atoms with Crippen LogP contribution in [0, 0.1) is 0 Å². The Morgan fingerprint density at radius 2 is 1.85 bits per heavy atom. The number of carbonyl (C=O) groups is 2. The Bertz CT molecular complexity index is 971. The first-order chi connectivity index (χ1) is 16.0. The molecule has 186 valence electrons. The monoisotopic (exact) mass is 498 g/mol. The SMILES string of the molecule is CN(C)C(=O)CC1CC2(CCN(Cc3ccsc3)CC2)Oc2ccccc21.O=C(O)C(F)(F)F. The van der Waals surface area contributed by atoms with E-state index in [9.17, 15) is 18.0 Å². The minimum Gasteiger partial charge on any atom is -0.487 e. The largest absolute Gasteiger partial charge is 0.490 e. The number of para-hydroxylation sites is 1. The Hall–Kier alpha value is -2.59. The van der Waals surface area contributed by atoms with Crippen LogP contribution in [-0.4, -0.2) is 65.7 Å². The van der Waals surface area contributed by atoms with E-state index >= 15 is 0 Å². The zero-order chi connectivity index (χ0) is 24.9. The van der Waals surface area contributed by atoms with Gasteiger partial charge in [0.15, 0.2) is 0 Å². The van der Waals surface area contributed by atoms with Crippen LogP contribution in [0.1, 0.15) is 42.7 Å². The van der Waals surface area contributed by atoms with Crippen LogP contribution in [0.3, 0.4) is 0 Å². The number of thiophene rings is 1. The lowest BCUT2D eigenvalue weighted by Crippen LogP contribution is -2.50. The zero-order valence-electron chi connectivity index (χ0n) is 19.2. The van der Waals surface area contributed by atoms with E-state index in [1.807, 2.05) is 20.2 Å². The zero-order valence-corrected chi connectivity index (χ0v) is 20.0. The van der Waals surface area contributed by atoms with Crippen LogP contribution in [0.5, 0.6) is 5.75 Å². The standard InChI is InChI=1S/C22H28N2O2S.C2HF3O2/c1-23(2)21(25)13-18-14-22(26-20-6-4-3-5-19(18)20)8-10-24(11-9-22)15-17-7-12-27-16-17;3-2(4,5)1(6)7/h3-7,12,16,18H,8-11,13-15H2,1-2H3;(H,6,7). The number of carbonyl (C=O) groups excluding carboxylic acids is 1. The number of carboxylic acids is 1.